The van der Waals surface area contributed by atoms with Crippen LogP contribution in [0.2, 0.25) is 0 Å². The normalized spacial score (nSPS) is 16.5. The van der Waals surface area contributed by atoms with Gasteiger partial charge in [-0.1, -0.05) is 19.1 Å². The third-order valence-corrected chi connectivity index (χ3v) is 3.88. The van der Waals surface area contributed by atoms with E-state index in [0.29, 0.717) is 17.9 Å². The second-order valence-corrected chi connectivity index (χ2v) is 5.47. The number of rotatable bonds is 4. The number of carbonyl (C=O) groups excluding carboxylic acids is 1. The topological polar surface area (TPSA) is 72.7 Å². The molecule has 6 nitrogen and oxygen atoms in total. The minimum absolute atomic E-state index is 0.121. The largest absolute Gasteiger partial charge is 0.478 e. The Kier molecular flexibility index (Phi) is 4.16. The molecule has 2 aromatic carbocycles. The number of hydrogen-bond donors (Lipinski definition) is 0. The van der Waals surface area contributed by atoms with E-state index in [-0.39, 0.29) is 24.0 Å². The summed E-state index contributed by atoms with van der Waals surface area (Å²) in [5.74, 6) is -0.210. The van der Waals surface area contributed by atoms with Crippen LogP contribution in [0.5, 0.6) is 5.75 Å². The van der Waals surface area contributed by atoms with Crippen molar-refractivity contribution in [3.63, 3.8) is 0 Å². The number of benzene rings is 2. The van der Waals surface area contributed by atoms with Crippen molar-refractivity contribution >= 4 is 17.3 Å². The molecule has 7 heteroatoms. The van der Waals surface area contributed by atoms with E-state index in [9.17, 15) is 19.3 Å². The number of ether oxygens (including phenoxy) is 1. The van der Waals surface area contributed by atoms with Gasteiger partial charge in [-0.15, -0.1) is 0 Å². The summed E-state index contributed by atoms with van der Waals surface area (Å²) < 4.78 is 18.7. The molecular weight excluding hydrogens is 315 g/mol. The number of nitrogens with zero attached hydrogens (tertiary/aromatic N) is 2. The standard InChI is InChI=1S/C17H15FN2O4/c1-2-15-17(21)19(10-11-3-5-12(18)6-4-11)14-9-13(20(22)23)7-8-16(14)24-15/h3-9,15H,2,10H2,1H3/t15-/m0/s1. The first kappa shape index (κ1) is 15.9. The van der Waals surface area contributed by atoms with E-state index in [2.05, 4.69) is 0 Å². The second-order valence-electron chi connectivity index (χ2n) is 5.47. The maximum absolute atomic E-state index is 13.1. The summed E-state index contributed by atoms with van der Waals surface area (Å²) in [6, 6.07) is 9.95. The third-order valence-electron chi connectivity index (χ3n) is 3.88. The maximum atomic E-state index is 13.1. The molecule has 1 heterocycles. The SMILES string of the molecule is CC[C@@H]1Oc2ccc([N+](=O)[O-])cc2N(Cc2ccc(F)cc2)C1=O. The van der Waals surface area contributed by atoms with Crippen LogP contribution in [0, 0.1) is 15.9 Å². The van der Waals surface area contributed by atoms with Crippen molar-refractivity contribution in [2.75, 3.05) is 4.90 Å². The van der Waals surface area contributed by atoms with Crippen LogP contribution in [0.25, 0.3) is 0 Å². The van der Waals surface area contributed by atoms with Crippen molar-refractivity contribution in [2.24, 2.45) is 0 Å². The monoisotopic (exact) mass is 330 g/mol. The average Bonchev–Trinajstić information content (AvgIpc) is 2.58. The highest BCUT2D eigenvalue weighted by molar-refractivity contribution is 6.00. The lowest BCUT2D eigenvalue weighted by Gasteiger charge is -2.34. The van der Waals surface area contributed by atoms with Crippen LogP contribution in [0.3, 0.4) is 0 Å². The number of nitro benzene ring substituents is 1. The van der Waals surface area contributed by atoms with Crippen molar-refractivity contribution in [2.45, 2.75) is 26.0 Å². The number of anilines is 1. The van der Waals surface area contributed by atoms with Gasteiger partial charge in [0.25, 0.3) is 11.6 Å². The molecule has 1 aliphatic heterocycles. The minimum atomic E-state index is -0.639. The zero-order valence-electron chi connectivity index (χ0n) is 12.9. The van der Waals surface area contributed by atoms with Gasteiger partial charge in [0, 0.05) is 12.1 Å². The molecule has 24 heavy (non-hydrogen) atoms. The molecule has 0 aliphatic carbocycles. The molecule has 2 aromatic rings. The van der Waals surface area contributed by atoms with Gasteiger partial charge in [0.2, 0.25) is 0 Å². The van der Waals surface area contributed by atoms with Crippen LogP contribution in [0.4, 0.5) is 15.8 Å². The Hall–Kier alpha value is -2.96. The molecule has 0 radical (unpaired) electrons. The van der Waals surface area contributed by atoms with Crippen molar-refractivity contribution in [3.05, 3.63) is 64.0 Å². The number of non-ortho nitro benzene ring substituents is 1. The van der Waals surface area contributed by atoms with Crippen LogP contribution >= 0.6 is 0 Å². The summed E-state index contributed by atoms with van der Waals surface area (Å²) in [5.41, 5.74) is 0.950. The summed E-state index contributed by atoms with van der Waals surface area (Å²) in [6.45, 7) is 2.02. The predicted molar refractivity (Wildman–Crippen MR) is 85.4 cm³/mol. The van der Waals surface area contributed by atoms with E-state index < -0.39 is 11.0 Å². The lowest BCUT2D eigenvalue weighted by molar-refractivity contribution is -0.384. The molecule has 0 N–H and O–H groups in total. The van der Waals surface area contributed by atoms with Crippen molar-refractivity contribution in [3.8, 4) is 5.75 Å². The molecule has 3 rings (SSSR count). The Balaban J connectivity index is 2.02. The summed E-state index contributed by atoms with van der Waals surface area (Å²) in [4.78, 5) is 24.6. The molecule has 0 saturated carbocycles. The molecule has 0 fully saturated rings. The first-order valence-electron chi connectivity index (χ1n) is 7.50. The molecule has 0 saturated heterocycles. The number of halogens is 1. The smallest absolute Gasteiger partial charge is 0.271 e. The first-order valence-corrected chi connectivity index (χ1v) is 7.50. The van der Waals surface area contributed by atoms with Crippen LogP contribution in [-0.2, 0) is 11.3 Å². The zero-order valence-corrected chi connectivity index (χ0v) is 12.9. The lowest BCUT2D eigenvalue weighted by atomic mass is 10.1. The van der Waals surface area contributed by atoms with Gasteiger partial charge in [-0.25, -0.2) is 4.39 Å². The number of amides is 1. The Morgan fingerprint density at radius 2 is 1.96 bits per heavy atom. The Morgan fingerprint density at radius 3 is 2.58 bits per heavy atom. The van der Waals surface area contributed by atoms with Crippen LogP contribution in [0.1, 0.15) is 18.9 Å². The fraction of sp³-hybridized carbons (Fsp3) is 0.235. The van der Waals surface area contributed by atoms with E-state index in [0.717, 1.165) is 5.56 Å². The summed E-state index contributed by atoms with van der Waals surface area (Å²) in [5, 5.41) is 11.0. The average molecular weight is 330 g/mol. The van der Waals surface area contributed by atoms with Gasteiger partial charge in [0.1, 0.15) is 11.6 Å². The highest BCUT2D eigenvalue weighted by atomic mass is 19.1. The highest BCUT2D eigenvalue weighted by Crippen LogP contribution is 2.38. The molecule has 1 amide bonds. The molecule has 0 aromatic heterocycles. The Labute approximate surface area is 137 Å². The second kappa shape index (κ2) is 6.27. The van der Waals surface area contributed by atoms with Gasteiger partial charge in [-0.05, 0) is 30.2 Å². The number of carbonyl (C=O) groups is 1. The first-order chi connectivity index (χ1) is 11.5. The van der Waals surface area contributed by atoms with E-state index >= 15 is 0 Å². The molecule has 0 unspecified atom stereocenters. The number of fused-ring (bicyclic) bond motifs is 1. The quantitative estimate of drug-likeness (QED) is 0.636. The minimum Gasteiger partial charge on any atom is -0.478 e. The van der Waals surface area contributed by atoms with E-state index in [1.54, 1.807) is 12.1 Å². The van der Waals surface area contributed by atoms with Gasteiger partial charge >= 0.3 is 0 Å². The van der Waals surface area contributed by atoms with E-state index in [4.69, 9.17) is 4.74 Å². The molecule has 0 bridgehead atoms. The summed E-state index contributed by atoms with van der Waals surface area (Å²) in [6.07, 6.45) is -0.158. The molecular formula is C17H15FN2O4. The summed E-state index contributed by atoms with van der Waals surface area (Å²) in [7, 11) is 0. The van der Waals surface area contributed by atoms with Crippen LogP contribution in [0.15, 0.2) is 42.5 Å². The van der Waals surface area contributed by atoms with Crippen molar-refractivity contribution in [1.29, 1.82) is 0 Å². The lowest BCUT2D eigenvalue weighted by Crippen LogP contribution is -2.45. The molecule has 124 valence electrons. The Bertz CT molecular complexity index is 792. The zero-order chi connectivity index (χ0) is 17.3. The highest BCUT2D eigenvalue weighted by Gasteiger charge is 2.34. The fourth-order valence-electron chi connectivity index (χ4n) is 2.62. The van der Waals surface area contributed by atoms with Gasteiger partial charge in [0.05, 0.1) is 17.2 Å². The van der Waals surface area contributed by atoms with Gasteiger partial charge in [-0.3, -0.25) is 14.9 Å². The van der Waals surface area contributed by atoms with Gasteiger partial charge < -0.3 is 9.64 Å². The fourth-order valence-corrected chi connectivity index (χ4v) is 2.62. The maximum Gasteiger partial charge on any atom is 0.271 e. The Morgan fingerprint density at radius 1 is 1.25 bits per heavy atom. The number of nitro groups is 1. The predicted octanol–water partition coefficient (Wildman–Crippen LogP) is 3.44. The van der Waals surface area contributed by atoms with Crippen LogP contribution in [-0.4, -0.2) is 16.9 Å². The van der Waals surface area contributed by atoms with E-state index in [1.807, 2.05) is 6.92 Å². The number of hydrogen-bond acceptors (Lipinski definition) is 4. The molecule has 0 spiro atoms. The molecule has 1 atom stereocenters. The van der Waals surface area contributed by atoms with Gasteiger partial charge in [0.15, 0.2) is 6.10 Å². The van der Waals surface area contributed by atoms with Gasteiger partial charge in [-0.2, -0.15) is 0 Å². The van der Waals surface area contributed by atoms with Crippen LogP contribution < -0.4 is 9.64 Å². The van der Waals surface area contributed by atoms with Crippen molar-refractivity contribution in [1.82, 2.24) is 0 Å². The molecule has 1 aliphatic rings. The summed E-state index contributed by atoms with van der Waals surface area (Å²) >= 11 is 0. The third kappa shape index (κ3) is 2.92. The van der Waals surface area contributed by atoms with E-state index in [1.165, 1.54) is 35.2 Å². The van der Waals surface area contributed by atoms with Crippen molar-refractivity contribution < 1.29 is 18.8 Å².